The molecule has 1 aliphatic heterocycles. The number of fused-ring (bicyclic) bond motifs is 1. The van der Waals surface area contributed by atoms with Crippen LogP contribution in [0.5, 0.6) is 11.6 Å². The summed E-state index contributed by atoms with van der Waals surface area (Å²) in [7, 11) is 2.16. The molecule has 0 saturated carbocycles. The molecular formula is C32H31ClN6O2. The molecule has 5 aromatic rings. The molecule has 0 spiro atoms. The van der Waals surface area contributed by atoms with Crippen molar-refractivity contribution in [3.63, 3.8) is 0 Å². The number of H-pyrrole nitrogens is 1. The predicted molar refractivity (Wildman–Crippen MR) is 161 cm³/mol. The Balaban J connectivity index is 1.19. The van der Waals surface area contributed by atoms with E-state index in [-0.39, 0.29) is 12.2 Å². The number of rotatable bonds is 8. The highest BCUT2D eigenvalue weighted by molar-refractivity contribution is 6.31. The highest BCUT2D eigenvalue weighted by Crippen LogP contribution is 2.31. The fraction of sp³-hybridized carbons (Fsp3) is 0.250. The molecule has 0 unspecified atom stereocenters. The maximum absolute atomic E-state index is 13.3. The summed E-state index contributed by atoms with van der Waals surface area (Å²) in [6.45, 7) is 7.26. The van der Waals surface area contributed by atoms with E-state index in [2.05, 4.69) is 49.8 Å². The van der Waals surface area contributed by atoms with E-state index in [9.17, 15) is 4.79 Å². The van der Waals surface area contributed by atoms with Crippen LogP contribution in [0.2, 0.25) is 5.02 Å². The lowest BCUT2D eigenvalue weighted by atomic mass is 9.98. The predicted octanol–water partition coefficient (Wildman–Crippen LogP) is 5.95. The molecule has 4 heterocycles. The van der Waals surface area contributed by atoms with Gasteiger partial charge in [0.05, 0.1) is 5.52 Å². The summed E-state index contributed by atoms with van der Waals surface area (Å²) in [5.41, 5.74) is 5.94. The molecule has 208 valence electrons. The number of hydrogen-bond acceptors (Lipinski definition) is 7. The van der Waals surface area contributed by atoms with Gasteiger partial charge in [0.2, 0.25) is 5.88 Å². The van der Waals surface area contributed by atoms with Crippen LogP contribution in [0.1, 0.15) is 27.0 Å². The van der Waals surface area contributed by atoms with Crippen LogP contribution in [-0.4, -0.2) is 68.7 Å². The number of ether oxygens (including phenoxy) is 1. The van der Waals surface area contributed by atoms with Crippen molar-refractivity contribution in [1.82, 2.24) is 29.7 Å². The molecule has 41 heavy (non-hydrogen) atoms. The number of hydrogen-bond donors (Lipinski definition) is 1. The van der Waals surface area contributed by atoms with Crippen LogP contribution in [0, 0.1) is 6.92 Å². The van der Waals surface area contributed by atoms with E-state index >= 15 is 0 Å². The van der Waals surface area contributed by atoms with Crippen molar-refractivity contribution >= 4 is 28.4 Å². The standard InChI is InChI=1S/C32H31ClN6O2/c1-21-16-22(5-6-24(21)20-39-14-12-38(2)13-15-39)29(40)18-25-17-26(7-8-27(25)33)41-32-30-28(9-11-35-30)36-31(37-32)23-4-3-10-34-19-23/h3-11,16-17,19,35H,12-15,18,20H2,1-2H3. The maximum atomic E-state index is 13.3. The van der Waals surface area contributed by atoms with Crippen LogP contribution < -0.4 is 4.74 Å². The lowest BCUT2D eigenvalue weighted by Gasteiger charge is -2.32. The normalized spacial score (nSPS) is 14.4. The first-order chi connectivity index (χ1) is 19.9. The summed E-state index contributed by atoms with van der Waals surface area (Å²) >= 11 is 6.53. The molecule has 0 radical (unpaired) electrons. The van der Waals surface area contributed by atoms with Gasteiger partial charge >= 0.3 is 0 Å². The number of nitrogens with zero attached hydrogens (tertiary/aromatic N) is 5. The number of ketones is 1. The minimum absolute atomic E-state index is 0.00551. The van der Waals surface area contributed by atoms with E-state index in [1.54, 1.807) is 36.8 Å². The molecule has 2 aromatic carbocycles. The molecule has 6 rings (SSSR count). The zero-order valence-electron chi connectivity index (χ0n) is 23.1. The summed E-state index contributed by atoms with van der Waals surface area (Å²) in [5.74, 6) is 1.43. The average Bonchev–Trinajstić information content (AvgIpc) is 3.47. The molecule has 1 fully saturated rings. The summed E-state index contributed by atoms with van der Waals surface area (Å²) in [4.78, 5) is 34.7. The fourth-order valence-electron chi connectivity index (χ4n) is 5.05. The van der Waals surface area contributed by atoms with Gasteiger partial charge in [-0.05, 0) is 73.1 Å². The largest absolute Gasteiger partial charge is 0.437 e. The SMILES string of the molecule is Cc1cc(C(=O)Cc2cc(Oc3nc(-c4cccnc4)nc4cc[nH]c34)ccc2Cl)ccc1CN1CCN(C)CC1. The number of piperazine rings is 1. The van der Waals surface area contributed by atoms with Gasteiger partial charge in [0.25, 0.3) is 0 Å². The smallest absolute Gasteiger partial charge is 0.247 e. The van der Waals surface area contributed by atoms with Gasteiger partial charge in [-0.3, -0.25) is 14.7 Å². The number of benzene rings is 2. The summed E-state index contributed by atoms with van der Waals surface area (Å²) < 4.78 is 6.23. The van der Waals surface area contributed by atoms with Crippen molar-refractivity contribution in [3.8, 4) is 23.0 Å². The van der Waals surface area contributed by atoms with E-state index < -0.39 is 0 Å². The lowest BCUT2D eigenvalue weighted by Crippen LogP contribution is -2.43. The number of pyridine rings is 1. The van der Waals surface area contributed by atoms with Crippen LogP contribution in [0.3, 0.4) is 0 Å². The van der Waals surface area contributed by atoms with Gasteiger partial charge in [-0.1, -0.05) is 23.7 Å². The Morgan fingerprint density at radius 1 is 1.02 bits per heavy atom. The number of likely N-dealkylation sites (N-methyl/N-ethyl adjacent to an activating group) is 1. The van der Waals surface area contributed by atoms with Crippen molar-refractivity contribution in [2.45, 2.75) is 19.9 Å². The molecule has 0 bridgehead atoms. The number of halogens is 1. The van der Waals surface area contributed by atoms with E-state index in [4.69, 9.17) is 16.3 Å². The molecule has 3 aromatic heterocycles. The Bertz CT molecular complexity index is 1700. The Hall–Kier alpha value is -4.11. The van der Waals surface area contributed by atoms with Crippen LogP contribution in [0.15, 0.2) is 73.2 Å². The van der Waals surface area contributed by atoms with E-state index in [1.165, 1.54) is 5.56 Å². The van der Waals surface area contributed by atoms with Gasteiger partial charge in [-0.25, -0.2) is 4.98 Å². The van der Waals surface area contributed by atoms with Gasteiger partial charge in [0.1, 0.15) is 11.3 Å². The number of aryl methyl sites for hydroxylation is 1. The highest BCUT2D eigenvalue weighted by Gasteiger charge is 2.18. The molecule has 0 aliphatic carbocycles. The molecule has 1 saturated heterocycles. The highest BCUT2D eigenvalue weighted by atomic mass is 35.5. The van der Waals surface area contributed by atoms with Crippen molar-refractivity contribution in [3.05, 3.63) is 100 Å². The number of aromatic nitrogens is 4. The third-order valence-corrected chi connectivity index (χ3v) is 7.90. The van der Waals surface area contributed by atoms with Crippen LogP contribution in [-0.2, 0) is 13.0 Å². The molecule has 0 amide bonds. The van der Waals surface area contributed by atoms with E-state index in [0.717, 1.165) is 49.4 Å². The Morgan fingerprint density at radius 3 is 2.66 bits per heavy atom. The van der Waals surface area contributed by atoms with Crippen LogP contribution in [0.25, 0.3) is 22.4 Å². The zero-order chi connectivity index (χ0) is 28.3. The van der Waals surface area contributed by atoms with Crippen LogP contribution >= 0.6 is 11.6 Å². The van der Waals surface area contributed by atoms with Gasteiger partial charge in [0, 0.05) is 73.9 Å². The summed E-state index contributed by atoms with van der Waals surface area (Å²) in [6.07, 6.45) is 5.38. The second-order valence-corrected chi connectivity index (χ2v) is 10.9. The zero-order valence-corrected chi connectivity index (χ0v) is 23.9. The quantitative estimate of drug-likeness (QED) is 0.232. The summed E-state index contributed by atoms with van der Waals surface area (Å²) in [5, 5.41) is 0.512. The number of Topliss-reactive ketones (excluding diaryl/α,β-unsaturated/α-hetero) is 1. The first kappa shape index (κ1) is 27.1. The van der Waals surface area contributed by atoms with Gasteiger partial charge in [0.15, 0.2) is 11.6 Å². The monoisotopic (exact) mass is 566 g/mol. The van der Waals surface area contributed by atoms with Crippen molar-refractivity contribution < 1.29 is 9.53 Å². The third kappa shape index (κ3) is 6.15. The molecule has 0 atom stereocenters. The topological polar surface area (TPSA) is 87.2 Å². The van der Waals surface area contributed by atoms with Gasteiger partial charge in [-0.2, -0.15) is 4.98 Å². The summed E-state index contributed by atoms with van der Waals surface area (Å²) in [6, 6.07) is 16.9. The van der Waals surface area contributed by atoms with Crippen molar-refractivity contribution in [1.29, 1.82) is 0 Å². The minimum Gasteiger partial charge on any atom is -0.437 e. The maximum Gasteiger partial charge on any atom is 0.247 e. The third-order valence-electron chi connectivity index (χ3n) is 7.53. The van der Waals surface area contributed by atoms with E-state index in [1.807, 2.05) is 30.3 Å². The molecule has 9 heteroatoms. The van der Waals surface area contributed by atoms with Gasteiger partial charge < -0.3 is 14.6 Å². The van der Waals surface area contributed by atoms with Crippen molar-refractivity contribution in [2.75, 3.05) is 33.2 Å². The molecular weight excluding hydrogens is 536 g/mol. The first-order valence-corrected chi connectivity index (χ1v) is 14.1. The van der Waals surface area contributed by atoms with Crippen molar-refractivity contribution in [2.24, 2.45) is 0 Å². The molecule has 1 N–H and O–H groups in total. The molecule has 1 aliphatic rings. The van der Waals surface area contributed by atoms with E-state index in [0.29, 0.717) is 39.1 Å². The Labute approximate surface area is 244 Å². The Kier molecular flexibility index (Phi) is 7.78. The number of aromatic amines is 1. The second-order valence-electron chi connectivity index (χ2n) is 10.5. The number of carbonyl (C=O) groups excluding carboxylic acids is 1. The fourth-order valence-corrected chi connectivity index (χ4v) is 5.23. The number of carbonyl (C=O) groups is 1. The first-order valence-electron chi connectivity index (χ1n) is 13.7. The lowest BCUT2D eigenvalue weighted by molar-refractivity contribution is 0.0993. The minimum atomic E-state index is 0.00551. The second kappa shape index (κ2) is 11.8. The van der Waals surface area contributed by atoms with Crippen LogP contribution in [0.4, 0.5) is 0 Å². The molecule has 8 nitrogen and oxygen atoms in total. The Morgan fingerprint density at radius 2 is 1.88 bits per heavy atom. The average molecular weight is 567 g/mol. The number of nitrogens with one attached hydrogen (secondary N) is 1. The van der Waals surface area contributed by atoms with Gasteiger partial charge in [-0.15, -0.1) is 0 Å².